The van der Waals surface area contributed by atoms with Crippen LogP contribution in [0.15, 0.2) is 53.1 Å². The molecular formula is C24H28N4O4. The highest BCUT2D eigenvalue weighted by Gasteiger charge is 2.28. The molecule has 2 aromatic carbocycles. The predicted molar refractivity (Wildman–Crippen MR) is 120 cm³/mol. The molecule has 4 rings (SSSR count). The van der Waals surface area contributed by atoms with E-state index in [1.54, 1.807) is 19.2 Å². The zero-order valence-electron chi connectivity index (χ0n) is 18.7. The van der Waals surface area contributed by atoms with Gasteiger partial charge in [0.2, 0.25) is 11.7 Å². The van der Waals surface area contributed by atoms with Gasteiger partial charge in [-0.3, -0.25) is 9.69 Å². The van der Waals surface area contributed by atoms with Gasteiger partial charge < -0.3 is 18.9 Å². The molecule has 8 nitrogen and oxygen atoms in total. The lowest BCUT2D eigenvalue weighted by atomic mass is 10.1. The first-order valence-corrected chi connectivity index (χ1v) is 10.7. The minimum Gasteiger partial charge on any atom is -0.497 e. The lowest BCUT2D eigenvalue weighted by Gasteiger charge is -2.36. The van der Waals surface area contributed by atoms with Crippen LogP contribution in [0.2, 0.25) is 0 Å². The summed E-state index contributed by atoms with van der Waals surface area (Å²) in [5.41, 5.74) is 2.12. The Morgan fingerprint density at radius 2 is 1.69 bits per heavy atom. The molecule has 1 aromatic heterocycles. The van der Waals surface area contributed by atoms with Crippen LogP contribution >= 0.6 is 0 Å². The molecule has 32 heavy (non-hydrogen) atoms. The minimum atomic E-state index is -0.0208. The van der Waals surface area contributed by atoms with Crippen molar-refractivity contribution >= 4 is 5.91 Å². The monoisotopic (exact) mass is 436 g/mol. The highest BCUT2D eigenvalue weighted by Crippen LogP contribution is 2.24. The number of hydrogen-bond acceptors (Lipinski definition) is 7. The lowest BCUT2D eigenvalue weighted by molar-refractivity contribution is -0.135. The number of hydrogen-bond donors (Lipinski definition) is 0. The van der Waals surface area contributed by atoms with Crippen LogP contribution in [0, 0.1) is 6.92 Å². The first kappa shape index (κ1) is 21.8. The van der Waals surface area contributed by atoms with Crippen molar-refractivity contribution in [2.24, 2.45) is 0 Å². The van der Waals surface area contributed by atoms with Crippen LogP contribution in [-0.4, -0.2) is 65.7 Å². The van der Waals surface area contributed by atoms with Crippen molar-refractivity contribution in [2.75, 3.05) is 39.9 Å². The summed E-state index contributed by atoms with van der Waals surface area (Å²) in [5.74, 6) is 2.56. The molecule has 1 aliphatic heterocycles. The van der Waals surface area contributed by atoms with E-state index < -0.39 is 0 Å². The number of nitrogens with zero attached hydrogens (tertiary/aromatic N) is 4. The van der Waals surface area contributed by atoms with Crippen LogP contribution in [0.5, 0.6) is 11.5 Å². The molecule has 1 saturated heterocycles. The minimum absolute atomic E-state index is 0.0190. The van der Waals surface area contributed by atoms with Gasteiger partial charge in [-0.25, -0.2) is 0 Å². The Morgan fingerprint density at radius 1 is 1.03 bits per heavy atom. The Hall–Kier alpha value is -3.39. The molecule has 1 fully saturated rings. The number of amides is 1. The second-order valence-corrected chi connectivity index (χ2v) is 7.88. The van der Waals surface area contributed by atoms with Crippen LogP contribution in [-0.2, 0) is 4.79 Å². The van der Waals surface area contributed by atoms with Gasteiger partial charge in [-0.05, 0) is 38.1 Å². The number of ether oxygens (including phenoxy) is 2. The number of carbonyl (C=O) groups is 1. The summed E-state index contributed by atoms with van der Waals surface area (Å²) >= 11 is 0. The number of aromatic nitrogens is 2. The number of methoxy groups -OCH3 is 1. The largest absolute Gasteiger partial charge is 0.497 e. The molecule has 0 unspecified atom stereocenters. The first-order chi connectivity index (χ1) is 15.5. The molecule has 1 atom stereocenters. The van der Waals surface area contributed by atoms with Crippen molar-refractivity contribution < 1.29 is 18.8 Å². The summed E-state index contributed by atoms with van der Waals surface area (Å²) in [6, 6.07) is 15.2. The molecular weight excluding hydrogens is 408 g/mol. The van der Waals surface area contributed by atoms with E-state index in [-0.39, 0.29) is 18.6 Å². The smallest absolute Gasteiger partial charge is 0.260 e. The molecule has 2 heterocycles. The topological polar surface area (TPSA) is 80.9 Å². The number of rotatable bonds is 7. The summed E-state index contributed by atoms with van der Waals surface area (Å²) in [7, 11) is 1.61. The van der Waals surface area contributed by atoms with E-state index in [1.807, 2.05) is 48.2 Å². The van der Waals surface area contributed by atoms with Crippen LogP contribution < -0.4 is 9.47 Å². The molecule has 0 saturated carbocycles. The Bertz CT molecular complexity index is 1020. The fourth-order valence-electron chi connectivity index (χ4n) is 3.65. The molecule has 0 radical (unpaired) electrons. The fraction of sp³-hybridized carbons (Fsp3) is 0.375. The van der Waals surface area contributed by atoms with E-state index >= 15 is 0 Å². The quantitative estimate of drug-likeness (QED) is 0.562. The summed E-state index contributed by atoms with van der Waals surface area (Å²) in [5, 5.41) is 4.14. The van der Waals surface area contributed by atoms with Crippen LogP contribution in [0.3, 0.4) is 0 Å². The number of piperazine rings is 1. The summed E-state index contributed by atoms with van der Waals surface area (Å²) in [6.45, 7) is 6.85. The predicted octanol–water partition coefficient (Wildman–Crippen LogP) is 3.34. The van der Waals surface area contributed by atoms with Gasteiger partial charge in [0.05, 0.1) is 13.2 Å². The third-order valence-electron chi connectivity index (χ3n) is 5.75. The molecule has 8 heteroatoms. The van der Waals surface area contributed by atoms with Gasteiger partial charge in [0, 0.05) is 31.7 Å². The number of benzene rings is 2. The highest BCUT2D eigenvalue weighted by atomic mass is 16.5. The SMILES string of the molecule is COc1ccc(OCC(=O)N2CCN([C@@H](C)c3nc(-c4ccc(C)cc4)no3)CC2)cc1. The average molecular weight is 437 g/mol. The maximum absolute atomic E-state index is 12.5. The van der Waals surface area contributed by atoms with Crippen molar-refractivity contribution in [3.63, 3.8) is 0 Å². The molecule has 1 aliphatic rings. The molecule has 0 bridgehead atoms. The highest BCUT2D eigenvalue weighted by molar-refractivity contribution is 5.77. The van der Waals surface area contributed by atoms with Gasteiger partial charge in [0.15, 0.2) is 6.61 Å². The zero-order valence-corrected chi connectivity index (χ0v) is 18.7. The summed E-state index contributed by atoms with van der Waals surface area (Å²) < 4.78 is 16.3. The maximum atomic E-state index is 12.5. The number of carbonyl (C=O) groups excluding carboxylic acids is 1. The Kier molecular flexibility index (Phi) is 6.70. The van der Waals surface area contributed by atoms with E-state index in [1.165, 1.54) is 5.56 Å². The van der Waals surface area contributed by atoms with E-state index in [4.69, 9.17) is 14.0 Å². The van der Waals surface area contributed by atoms with Gasteiger partial charge in [-0.2, -0.15) is 4.98 Å². The molecule has 0 N–H and O–H groups in total. The second-order valence-electron chi connectivity index (χ2n) is 7.88. The zero-order chi connectivity index (χ0) is 22.5. The normalized spacial score (nSPS) is 15.4. The van der Waals surface area contributed by atoms with Crippen molar-refractivity contribution in [2.45, 2.75) is 19.9 Å². The first-order valence-electron chi connectivity index (χ1n) is 10.7. The van der Waals surface area contributed by atoms with Crippen molar-refractivity contribution in [3.8, 4) is 22.9 Å². The van der Waals surface area contributed by atoms with E-state index in [0.29, 0.717) is 30.6 Å². The van der Waals surface area contributed by atoms with Crippen molar-refractivity contribution in [1.29, 1.82) is 0 Å². The van der Waals surface area contributed by atoms with Gasteiger partial charge in [0.1, 0.15) is 11.5 Å². The van der Waals surface area contributed by atoms with Gasteiger partial charge in [0.25, 0.3) is 5.91 Å². The van der Waals surface area contributed by atoms with Gasteiger partial charge >= 0.3 is 0 Å². The van der Waals surface area contributed by atoms with E-state index in [0.717, 1.165) is 24.4 Å². The average Bonchev–Trinajstić information content (AvgIpc) is 3.33. The van der Waals surface area contributed by atoms with Gasteiger partial charge in [-0.15, -0.1) is 0 Å². The van der Waals surface area contributed by atoms with Crippen LogP contribution in [0.25, 0.3) is 11.4 Å². The Balaban J connectivity index is 1.27. The Morgan fingerprint density at radius 3 is 2.34 bits per heavy atom. The van der Waals surface area contributed by atoms with Crippen molar-refractivity contribution in [1.82, 2.24) is 19.9 Å². The summed E-state index contributed by atoms with van der Waals surface area (Å²) in [6.07, 6.45) is 0. The van der Waals surface area contributed by atoms with Gasteiger partial charge in [-0.1, -0.05) is 35.0 Å². The van der Waals surface area contributed by atoms with E-state index in [9.17, 15) is 4.79 Å². The molecule has 0 spiro atoms. The Labute approximate surface area is 187 Å². The molecule has 3 aromatic rings. The summed E-state index contributed by atoms with van der Waals surface area (Å²) in [4.78, 5) is 21.2. The maximum Gasteiger partial charge on any atom is 0.260 e. The fourth-order valence-corrected chi connectivity index (χ4v) is 3.65. The standard InChI is InChI=1S/C24H28N4O4/c1-17-4-6-19(7-5-17)23-25-24(32-26-23)18(2)27-12-14-28(15-13-27)22(29)16-31-21-10-8-20(30-3)9-11-21/h4-11,18H,12-16H2,1-3H3/t18-/m0/s1. The van der Waals surface area contributed by atoms with Crippen LogP contribution in [0.4, 0.5) is 0 Å². The molecule has 0 aliphatic carbocycles. The molecule has 168 valence electrons. The van der Waals surface area contributed by atoms with Crippen molar-refractivity contribution in [3.05, 3.63) is 60.0 Å². The number of aryl methyl sites for hydroxylation is 1. The van der Waals surface area contributed by atoms with Crippen LogP contribution in [0.1, 0.15) is 24.4 Å². The second kappa shape index (κ2) is 9.82. The lowest BCUT2D eigenvalue weighted by Crippen LogP contribution is -2.50. The third-order valence-corrected chi connectivity index (χ3v) is 5.75. The van der Waals surface area contributed by atoms with E-state index in [2.05, 4.69) is 22.0 Å². The molecule has 1 amide bonds. The third kappa shape index (κ3) is 5.08.